The fourth-order valence-corrected chi connectivity index (χ4v) is 2.61. The quantitative estimate of drug-likeness (QED) is 0.880. The van der Waals surface area contributed by atoms with Crippen LogP contribution < -0.4 is 5.32 Å². The van der Waals surface area contributed by atoms with E-state index in [-0.39, 0.29) is 0 Å². The number of aromatic nitrogens is 2. The van der Waals surface area contributed by atoms with Gasteiger partial charge in [0.1, 0.15) is 5.82 Å². The third-order valence-electron chi connectivity index (χ3n) is 3.77. The first kappa shape index (κ1) is 13.4. The lowest BCUT2D eigenvalue weighted by atomic mass is 9.97. The average Bonchev–Trinajstić information content (AvgIpc) is 2.39. The molecule has 18 heavy (non-hydrogen) atoms. The van der Waals surface area contributed by atoms with Gasteiger partial charge >= 0.3 is 0 Å². The zero-order valence-electron chi connectivity index (χ0n) is 11.6. The summed E-state index contributed by atoms with van der Waals surface area (Å²) in [7, 11) is 0. The van der Waals surface area contributed by atoms with E-state index in [1.165, 1.54) is 6.42 Å². The summed E-state index contributed by atoms with van der Waals surface area (Å²) in [6.45, 7) is 9.85. The molecule has 100 valence electrons. The third-order valence-corrected chi connectivity index (χ3v) is 3.77. The number of hydrogen-bond acceptors (Lipinski definition) is 4. The topological polar surface area (TPSA) is 41.1 Å². The minimum Gasteiger partial charge on any atom is -0.311 e. The van der Waals surface area contributed by atoms with E-state index in [1.54, 1.807) is 0 Å². The van der Waals surface area contributed by atoms with Crippen LogP contribution in [0, 0.1) is 5.92 Å². The number of nitrogens with one attached hydrogen (secondary N) is 1. The fourth-order valence-electron chi connectivity index (χ4n) is 2.61. The van der Waals surface area contributed by atoms with Crippen LogP contribution in [0.4, 0.5) is 0 Å². The van der Waals surface area contributed by atoms with Crippen LogP contribution in [0.2, 0.25) is 0 Å². The monoisotopic (exact) mass is 248 g/mol. The summed E-state index contributed by atoms with van der Waals surface area (Å²) in [5.74, 6) is 1.58. The van der Waals surface area contributed by atoms with Gasteiger partial charge in [-0.15, -0.1) is 0 Å². The summed E-state index contributed by atoms with van der Waals surface area (Å²) in [6, 6.07) is 3.05. The first-order valence-electron chi connectivity index (χ1n) is 6.94. The van der Waals surface area contributed by atoms with Crippen LogP contribution in [0.15, 0.2) is 18.5 Å². The molecular formula is C14H24N4. The predicted molar refractivity (Wildman–Crippen MR) is 73.1 cm³/mol. The van der Waals surface area contributed by atoms with Crippen molar-refractivity contribution in [2.24, 2.45) is 5.92 Å². The Balaban J connectivity index is 2.05. The molecule has 0 aliphatic carbocycles. The van der Waals surface area contributed by atoms with Crippen molar-refractivity contribution in [1.82, 2.24) is 20.2 Å². The van der Waals surface area contributed by atoms with Crippen LogP contribution in [0.1, 0.15) is 33.0 Å². The Morgan fingerprint density at radius 3 is 2.72 bits per heavy atom. The van der Waals surface area contributed by atoms with E-state index in [0.717, 1.165) is 25.5 Å². The summed E-state index contributed by atoms with van der Waals surface area (Å²) in [4.78, 5) is 11.2. The highest BCUT2D eigenvalue weighted by atomic mass is 15.2. The normalized spacial score (nSPS) is 25.6. The summed E-state index contributed by atoms with van der Waals surface area (Å²) in [6.07, 6.45) is 4.83. The van der Waals surface area contributed by atoms with Gasteiger partial charge in [-0.25, -0.2) is 9.97 Å². The molecule has 0 spiro atoms. The number of nitrogens with zero attached hydrogens (tertiary/aromatic N) is 3. The molecule has 0 saturated carbocycles. The minimum atomic E-state index is 0.580. The van der Waals surface area contributed by atoms with Gasteiger partial charge in [-0.2, -0.15) is 0 Å². The maximum atomic E-state index is 4.34. The Labute approximate surface area is 110 Å². The van der Waals surface area contributed by atoms with E-state index in [2.05, 4.69) is 41.0 Å². The van der Waals surface area contributed by atoms with Gasteiger partial charge in [-0.1, -0.05) is 20.8 Å². The maximum absolute atomic E-state index is 4.34. The molecule has 1 aromatic heterocycles. The Morgan fingerprint density at radius 2 is 2.11 bits per heavy atom. The molecule has 0 aromatic carbocycles. The molecule has 2 heterocycles. The molecule has 0 radical (unpaired) electrons. The van der Waals surface area contributed by atoms with Crippen molar-refractivity contribution in [2.45, 2.75) is 45.8 Å². The van der Waals surface area contributed by atoms with Crippen molar-refractivity contribution in [3.63, 3.8) is 0 Å². The van der Waals surface area contributed by atoms with Crippen LogP contribution in [-0.2, 0) is 6.54 Å². The molecule has 1 aromatic rings. The molecule has 1 saturated heterocycles. The highest BCUT2D eigenvalue weighted by Crippen LogP contribution is 2.17. The third kappa shape index (κ3) is 3.27. The molecule has 1 fully saturated rings. The molecule has 4 nitrogen and oxygen atoms in total. The largest absolute Gasteiger partial charge is 0.311 e. The molecule has 2 unspecified atom stereocenters. The molecule has 2 atom stereocenters. The zero-order chi connectivity index (χ0) is 13.0. The molecule has 0 amide bonds. The SMILES string of the molecule is CCC1CN(Cc2ncccn2)C(C(C)C)CN1. The van der Waals surface area contributed by atoms with Crippen LogP contribution in [0.5, 0.6) is 0 Å². The Bertz CT molecular complexity index is 352. The van der Waals surface area contributed by atoms with E-state index in [0.29, 0.717) is 18.0 Å². The second-order valence-corrected chi connectivity index (χ2v) is 5.42. The molecular weight excluding hydrogens is 224 g/mol. The molecule has 4 heteroatoms. The van der Waals surface area contributed by atoms with Crippen molar-refractivity contribution < 1.29 is 0 Å². The summed E-state index contributed by atoms with van der Waals surface area (Å²) in [5, 5.41) is 3.63. The van der Waals surface area contributed by atoms with Gasteiger partial charge in [0.05, 0.1) is 6.54 Å². The first-order chi connectivity index (χ1) is 8.70. The second-order valence-electron chi connectivity index (χ2n) is 5.42. The highest BCUT2D eigenvalue weighted by Gasteiger charge is 2.29. The smallest absolute Gasteiger partial charge is 0.142 e. The molecule has 1 aliphatic rings. The minimum absolute atomic E-state index is 0.580. The summed E-state index contributed by atoms with van der Waals surface area (Å²) >= 11 is 0. The van der Waals surface area contributed by atoms with Crippen molar-refractivity contribution in [3.05, 3.63) is 24.3 Å². The van der Waals surface area contributed by atoms with Gasteiger partial charge in [0.2, 0.25) is 0 Å². The van der Waals surface area contributed by atoms with Gasteiger partial charge in [0.25, 0.3) is 0 Å². The van der Waals surface area contributed by atoms with Crippen LogP contribution in [0.25, 0.3) is 0 Å². The van der Waals surface area contributed by atoms with E-state index in [9.17, 15) is 0 Å². The molecule has 1 N–H and O–H groups in total. The molecule has 0 bridgehead atoms. The molecule has 1 aliphatic heterocycles. The second kappa shape index (κ2) is 6.25. The van der Waals surface area contributed by atoms with Gasteiger partial charge in [0.15, 0.2) is 0 Å². The van der Waals surface area contributed by atoms with Gasteiger partial charge in [0, 0.05) is 37.6 Å². The number of hydrogen-bond donors (Lipinski definition) is 1. The Hall–Kier alpha value is -1.00. The number of piperazine rings is 1. The fraction of sp³-hybridized carbons (Fsp3) is 0.714. The van der Waals surface area contributed by atoms with Crippen molar-refractivity contribution in [3.8, 4) is 0 Å². The van der Waals surface area contributed by atoms with E-state index >= 15 is 0 Å². The van der Waals surface area contributed by atoms with Crippen molar-refractivity contribution in [1.29, 1.82) is 0 Å². The lowest BCUT2D eigenvalue weighted by Gasteiger charge is -2.41. The van der Waals surface area contributed by atoms with Gasteiger partial charge < -0.3 is 5.32 Å². The average molecular weight is 248 g/mol. The Morgan fingerprint density at radius 1 is 1.39 bits per heavy atom. The molecule has 2 rings (SSSR count). The Kier molecular flexibility index (Phi) is 4.66. The van der Waals surface area contributed by atoms with Crippen LogP contribution in [-0.4, -0.2) is 40.0 Å². The van der Waals surface area contributed by atoms with E-state index in [4.69, 9.17) is 0 Å². The van der Waals surface area contributed by atoms with Gasteiger partial charge in [-0.3, -0.25) is 4.90 Å². The van der Waals surface area contributed by atoms with E-state index < -0.39 is 0 Å². The standard InChI is InChI=1S/C14H24N4/c1-4-12-9-18(13(8-17-12)11(2)3)10-14-15-6-5-7-16-14/h5-7,11-13,17H,4,8-10H2,1-3H3. The van der Waals surface area contributed by atoms with Crippen molar-refractivity contribution in [2.75, 3.05) is 13.1 Å². The first-order valence-corrected chi connectivity index (χ1v) is 6.94. The number of rotatable bonds is 4. The zero-order valence-corrected chi connectivity index (χ0v) is 11.6. The predicted octanol–water partition coefficient (Wildman–Crippen LogP) is 1.69. The van der Waals surface area contributed by atoms with Crippen LogP contribution in [0.3, 0.4) is 0 Å². The van der Waals surface area contributed by atoms with Crippen molar-refractivity contribution >= 4 is 0 Å². The summed E-state index contributed by atoms with van der Waals surface area (Å²) in [5.41, 5.74) is 0. The van der Waals surface area contributed by atoms with Crippen LogP contribution >= 0.6 is 0 Å². The lowest BCUT2D eigenvalue weighted by Crippen LogP contribution is -2.57. The maximum Gasteiger partial charge on any atom is 0.142 e. The lowest BCUT2D eigenvalue weighted by molar-refractivity contribution is 0.0874. The summed E-state index contributed by atoms with van der Waals surface area (Å²) < 4.78 is 0. The highest BCUT2D eigenvalue weighted by molar-refractivity contribution is 4.93. The van der Waals surface area contributed by atoms with E-state index in [1.807, 2.05) is 18.5 Å². The van der Waals surface area contributed by atoms with Gasteiger partial charge in [-0.05, 0) is 18.4 Å².